The maximum absolute atomic E-state index is 11.3. The molecule has 2 aliphatic heterocycles. The Kier molecular flexibility index (Phi) is 2.58. The fourth-order valence-electron chi connectivity index (χ4n) is 2.41. The molecule has 0 radical (unpaired) electrons. The summed E-state index contributed by atoms with van der Waals surface area (Å²) in [5.41, 5.74) is 5.38. The molecule has 3 N–H and O–H groups in total. The van der Waals surface area contributed by atoms with Crippen LogP contribution in [0.1, 0.15) is 26.7 Å². The predicted molar refractivity (Wildman–Crippen MR) is 62.2 cm³/mol. The van der Waals surface area contributed by atoms with Gasteiger partial charge in [0.15, 0.2) is 0 Å². The van der Waals surface area contributed by atoms with Gasteiger partial charge < -0.3 is 16.0 Å². The summed E-state index contributed by atoms with van der Waals surface area (Å²) in [6, 6.07) is -0.0978. The number of nitrogens with zero attached hydrogens (tertiary/aromatic N) is 1. The number of nitrogens with two attached hydrogens (primary N) is 1. The van der Waals surface area contributed by atoms with Crippen LogP contribution in [0.3, 0.4) is 0 Å². The van der Waals surface area contributed by atoms with Crippen LogP contribution >= 0.6 is 11.8 Å². The van der Waals surface area contributed by atoms with Crippen molar-refractivity contribution in [2.45, 2.75) is 37.6 Å². The third-order valence-electron chi connectivity index (χ3n) is 3.11. The van der Waals surface area contributed by atoms with Gasteiger partial charge in [-0.1, -0.05) is 11.8 Å². The second kappa shape index (κ2) is 3.63. The summed E-state index contributed by atoms with van der Waals surface area (Å²) in [6.45, 7) is 5.00. The lowest BCUT2D eigenvalue weighted by molar-refractivity contribution is 0.188. The van der Waals surface area contributed by atoms with Crippen LogP contribution in [-0.4, -0.2) is 28.4 Å². The Balaban J connectivity index is 2.13. The lowest BCUT2D eigenvalue weighted by Crippen LogP contribution is -2.54. The van der Waals surface area contributed by atoms with Crippen molar-refractivity contribution in [3.63, 3.8) is 0 Å². The van der Waals surface area contributed by atoms with Crippen molar-refractivity contribution in [3.05, 3.63) is 11.1 Å². The average molecular weight is 227 g/mol. The quantitative estimate of drug-likeness (QED) is 0.712. The van der Waals surface area contributed by atoms with E-state index in [9.17, 15) is 4.79 Å². The first-order valence-corrected chi connectivity index (χ1v) is 6.04. The highest BCUT2D eigenvalue weighted by Gasteiger charge is 2.44. The van der Waals surface area contributed by atoms with Gasteiger partial charge in [0.1, 0.15) is 4.87 Å². The number of hydrogen-bond donors (Lipinski definition) is 2. The van der Waals surface area contributed by atoms with Crippen LogP contribution in [-0.2, 0) is 0 Å². The molecule has 0 aromatic carbocycles. The fourth-order valence-corrected chi connectivity index (χ4v) is 3.69. The SMILES string of the molecule is CC1=CNC(C)(C2CCCN2C(N)=O)S1. The summed E-state index contributed by atoms with van der Waals surface area (Å²) >= 11 is 1.79. The highest BCUT2D eigenvalue weighted by molar-refractivity contribution is 8.04. The molecule has 84 valence electrons. The number of carbonyl (C=O) groups is 1. The van der Waals surface area contributed by atoms with Crippen molar-refractivity contribution >= 4 is 17.8 Å². The molecule has 0 spiro atoms. The van der Waals surface area contributed by atoms with E-state index in [1.807, 2.05) is 6.20 Å². The topological polar surface area (TPSA) is 58.4 Å². The second-order valence-corrected chi connectivity index (χ2v) is 5.99. The molecule has 0 bridgehead atoms. The van der Waals surface area contributed by atoms with Crippen LogP contribution in [0.15, 0.2) is 11.1 Å². The summed E-state index contributed by atoms with van der Waals surface area (Å²) < 4.78 is 0. The van der Waals surface area contributed by atoms with Crippen molar-refractivity contribution in [2.24, 2.45) is 5.73 Å². The molecule has 1 saturated heterocycles. The standard InChI is InChI=1S/C10H17N3OS/c1-7-6-12-10(2,15-7)8-4-3-5-13(8)9(11)14/h6,8,12H,3-5H2,1-2H3,(H2,11,14). The van der Waals surface area contributed by atoms with E-state index >= 15 is 0 Å². The zero-order chi connectivity index (χ0) is 11.1. The van der Waals surface area contributed by atoms with Gasteiger partial charge in [0.2, 0.25) is 0 Å². The van der Waals surface area contributed by atoms with E-state index in [1.165, 1.54) is 4.91 Å². The minimum absolute atomic E-state index is 0.102. The molecule has 15 heavy (non-hydrogen) atoms. The number of nitrogens with one attached hydrogen (secondary N) is 1. The van der Waals surface area contributed by atoms with E-state index in [-0.39, 0.29) is 16.9 Å². The molecular formula is C10H17N3OS. The summed E-state index contributed by atoms with van der Waals surface area (Å²) in [7, 11) is 0. The molecule has 2 heterocycles. The minimum atomic E-state index is -0.300. The van der Waals surface area contributed by atoms with Gasteiger partial charge in [0, 0.05) is 12.7 Å². The third kappa shape index (κ3) is 1.80. The molecule has 0 aliphatic carbocycles. The van der Waals surface area contributed by atoms with E-state index in [0.29, 0.717) is 0 Å². The number of urea groups is 1. The number of primary amides is 1. The molecule has 4 nitrogen and oxygen atoms in total. The Morgan fingerprint density at radius 1 is 1.80 bits per heavy atom. The van der Waals surface area contributed by atoms with Crippen LogP contribution < -0.4 is 11.1 Å². The molecule has 2 rings (SSSR count). The molecule has 2 unspecified atom stereocenters. The Bertz CT molecular complexity index is 318. The Hall–Kier alpha value is -0.840. The Morgan fingerprint density at radius 3 is 3.07 bits per heavy atom. The van der Waals surface area contributed by atoms with E-state index in [0.717, 1.165) is 19.4 Å². The van der Waals surface area contributed by atoms with Crippen molar-refractivity contribution in [1.29, 1.82) is 0 Å². The molecule has 1 fully saturated rings. The molecule has 0 aromatic heterocycles. The summed E-state index contributed by atoms with van der Waals surface area (Å²) in [5.74, 6) is 0. The first kappa shape index (κ1) is 10.7. The molecule has 0 saturated carbocycles. The van der Waals surface area contributed by atoms with Gasteiger partial charge >= 0.3 is 6.03 Å². The van der Waals surface area contributed by atoms with E-state index in [4.69, 9.17) is 5.73 Å². The number of allylic oxidation sites excluding steroid dienone is 1. The summed E-state index contributed by atoms with van der Waals surface area (Å²) in [5, 5.41) is 3.36. The zero-order valence-electron chi connectivity index (χ0n) is 9.12. The maximum atomic E-state index is 11.3. The highest BCUT2D eigenvalue weighted by Crippen LogP contribution is 2.42. The van der Waals surface area contributed by atoms with E-state index in [2.05, 4.69) is 19.2 Å². The van der Waals surface area contributed by atoms with Crippen LogP contribution in [0.2, 0.25) is 0 Å². The summed E-state index contributed by atoms with van der Waals surface area (Å²) in [6.07, 6.45) is 4.09. The third-order valence-corrected chi connectivity index (χ3v) is 4.36. The number of hydrogen-bond acceptors (Lipinski definition) is 3. The zero-order valence-corrected chi connectivity index (χ0v) is 9.93. The molecule has 5 heteroatoms. The molecule has 2 aliphatic rings. The van der Waals surface area contributed by atoms with Crippen molar-refractivity contribution in [3.8, 4) is 0 Å². The normalized spacial score (nSPS) is 35.2. The molecule has 2 amide bonds. The lowest BCUT2D eigenvalue weighted by Gasteiger charge is -2.36. The Morgan fingerprint density at radius 2 is 2.53 bits per heavy atom. The number of thioether (sulfide) groups is 1. The smallest absolute Gasteiger partial charge is 0.315 e. The lowest BCUT2D eigenvalue weighted by atomic mass is 10.1. The van der Waals surface area contributed by atoms with Gasteiger partial charge in [0.05, 0.1) is 6.04 Å². The average Bonchev–Trinajstić information content (AvgIpc) is 2.72. The largest absolute Gasteiger partial charge is 0.374 e. The van der Waals surface area contributed by atoms with Gasteiger partial charge in [-0.25, -0.2) is 4.79 Å². The monoisotopic (exact) mass is 227 g/mol. The van der Waals surface area contributed by atoms with Gasteiger partial charge in [-0.3, -0.25) is 0 Å². The fraction of sp³-hybridized carbons (Fsp3) is 0.700. The first-order valence-electron chi connectivity index (χ1n) is 5.22. The number of amides is 2. The van der Waals surface area contributed by atoms with Crippen LogP contribution in [0.4, 0.5) is 4.79 Å². The van der Waals surface area contributed by atoms with Crippen LogP contribution in [0.25, 0.3) is 0 Å². The van der Waals surface area contributed by atoms with E-state index in [1.54, 1.807) is 16.7 Å². The number of carbonyl (C=O) groups excluding carboxylic acids is 1. The van der Waals surface area contributed by atoms with Gasteiger partial charge in [0.25, 0.3) is 0 Å². The van der Waals surface area contributed by atoms with Crippen molar-refractivity contribution in [2.75, 3.05) is 6.54 Å². The maximum Gasteiger partial charge on any atom is 0.315 e. The minimum Gasteiger partial charge on any atom is -0.374 e. The predicted octanol–water partition coefficient (Wildman–Crippen LogP) is 1.44. The van der Waals surface area contributed by atoms with Crippen LogP contribution in [0.5, 0.6) is 0 Å². The number of likely N-dealkylation sites (tertiary alicyclic amines) is 1. The highest BCUT2D eigenvalue weighted by atomic mass is 32.2. The van der Waals surface area contributed by atoms with Gasteiger partial charge in [-0.2, -0.15) is 0 Å². The first-order chi connectivity index (χ1) is 7.03. The van der Waals surface area contributed by atoms with Crippen molar-refractivity contribution < 1.29 is 4.79 Å². The van der Waals surface area contributed by atoms with Crippen molar-refractivity contribution in [1.82, 2.24) is 10.2 Å². The molecule has 0 aromatic rings. The second-order valence-electron chi connectivity index (χ2n) is 4.30. The molecule has 2 atom stereocenters. The molecular weight excluding hydrogens is 210 g/mol. The van der Waals surface area contributed by atoms with Gasteiger partial charge in [-0.05, 0) is 31.6 Å². The van der Waals surface area contributed by atoms with Gasteiger partial charge in [-0.15, -0.1) is 0 Å². The summed E-state index contributed by atoms with van der Waals surface area (Å²) in [4.78, 5) is 14.2. The Labute approximate surface area is 94.3 Å². The number of rotatable bonds is 1. The van der Waals surface area contributed by atoms with Crippen LogP contribution in [0, 0.1) is 0 Å². The van der Waals surface area contributed by atoms with E-state index < -0.39 is 0 Å².